The van der Waals surface area contributed by atoms with Crippen LogP contribution < -0.4 is 33.7 Å². The van der Waals surface area contributed by atoms with Gasteiger partial charge in [0.1, 0.15) is 11.5 Å². The van der Waals surface area contributed by atoms with Gasteiger partial charge in [0.15, 0.2) is 0 Å². The van der Waals surface area contributed by atoms with Crippen molar-refractivity contribution in [3.63, 3.8) is 0 Å². The molecule has 0 spiro atoms. The van der Waals surface area contributed by atoms with Crippen LogP contribution in [0, 0.1) is 45.3 Å². The molecular formula is C36H53NaO6S. The number of aromatic hydroxyl groups is 1. The summed E-state index contributed by atoms with van der Waals surface area (Å²) in [7, 11) is -4.92. The zero-order valence-corrected chi connectivity index (χ0v) is 31.2. The van der Waals surface area contributed by atoms with Crippen LogP contribution in [-0.2, 0) is 27.0 Å². The maximum Gasteiger partial charge on any atom is 1.00 e. The van der Waals surface area contributed by atoms with Gasteiger partial charge in [-0.15, -0.1) is 0 Å². The van der Waals surface area contributed by atoms with Crippen LogP contribution in [0.3, 0.4) is 0 Å². The fourth-order valence-corrected chi connectivity index (χ4v) is 13.7. The molecular weight excluding hydrogens is 583 g/mol. The third-order valence-corrected chi connectivity index (χ3v) is 16.0. The van der Waals surface area contributed by atoms with E-state index in [2.05, 4.69) is 48.5 Å². The predicted octanol–water partition coefficient (Wildman–Crippen LogP) is 5.06. The Morgan fingerprint density at radius 1 is 0.841 bits per heavy atom. The molecule has 1 saturated heterocycles. The average Bonchev–Trinajstić information content (AvgIpc) is 3.46. The molecule has 5 aliphatic carbocycles. The Bertz CT molecular complexity index is 1440. The quantitative estimate of drug-likeness (QED) is 0.283. The van der Waals surface area contributed by atoms with Crippen LogP contribution in [0.15, 0.2) is 12.1 Å². The summed E-state index contributed by atoms with van der Waals surface area (Å²) in [6.45, 7) is 17.3. The Morgan fingerprint density at radius 3 is 2.23 bits per heavy atom. The van der Waals surface area contributed by atoms with Gasteiger partial charge in [0.2, 0.25) is 0 Å². The van der Waals surface area contributed by atoms with E-state index < -0.39 is 10.4 Å². The molecule has 0 bridgehead atoms. The standard InChI is InChI=1S/C36H54O6S.Na/c1-31(2)15-8-16-36(7)27(31)13-19-35(6)29(41-36)14-20-34(35,5)24-12-17-32(3)23(24)11-18-33(4)28(32)21-22-25(37)9-10-26(30(22)33)42-43(38,39)40;/h9-10,23-24,27-29,37H,8,11-21H2,1-7H3,(H,38,39,40);/q;+1/p-1/t23-,24-,27+,28+,29+,32-,33+,34-,35-,36+;/m1./s1. The Kier molecular flexibility index (Phi) is 7.90. The van der Waals surface area contributed by atoms with Crippen molar-refractivity contribution in [3.05, 3.63) is 23.3 Å². The zero-order chi connectivity index (χ0) is 31.0. The molecule has 6 aliphatic rings. The largest absolute Gasteiger partial charge is 1.00 e. The Morgan fingerprint density at radius 2 is 1.52 bits per heavy atom. The van der Waals surface area contributed by atoms with Gasteiger partial charge in [0, 0.05) is 16.5 Å². The normalized spacial score (nSPS) is 47.3. The molecule has 0 radical (unpaired) electrons. The molecule has 44 heavy (non-hydrogen) atoms. The average molecular weight is 637 g/mol. The first-order valence-corrected chi connectivity index (χ1v) is 18.4. The number of rotatable bonds is 3. The first kappa shape index (κ1) is 33.6. The molecule has 1 aliphatic heterocycles. The monoisotopic (exact) mass is 636 g/mol. The van der Waals surface area contributed by atoms with Crippen LogP contribution >= 0.6 is 0 Å². The maximum absolute atomic E-state index is 11.7. The second-order valence-electron chi connectivity index (χ2n) is 17.6. The molecule has 4 saturated carbocycles. The Balaban J connectivity index is 0.00000343. The number of hydrogen-bond acceptors (Lipinski definition) is 6. The summed E-state index contributed by atoms with van der Waals surface area (Å²) in [6, 6.07) is 2.96. The van der Waals surface area contributed by atoms with E-state index in [4.69, 9.17) is 8.92 Å². The van der Waals surface area contributed by atoms with Crippen molar-refractivity contribution in [2.75, 3.05) is 0 Å². The maximum atomic E-state index is 11.7. The first-order chi connectivity index (χ1) is 19.9. The first-order valence-electron chi connectivity index (χ1n) is 17.1. The summed E-state index contributed by atoms with van der Waals surface area (Å²) in [5.41, 5.74) is 1.85. The van der Waals surface area contributed by atoms with Crippen molar-refractivity contribution in [1.82, 2.24) is 0 Å². The van der Waals surface area contributed by atoms with Gasteiger partial charge >= 0.3 is 29.6 Å². The second-order valence-corrected chi connectivity index (χ2v) is 18.6. The van der Waals surface area contributed by atoms with Gasteiger partial charge in [0.05, 0.1) is 11.7 Å². The van der Waals surface area contributed by atoms with Crippen molar-refractivity contribution in [2.24, 2.45) is 45.3 Å². The van der Waals surface area contributed by atoms with Crippen LogP contribution in [0.2, 0.25) is 0 Å². The van der Waals surface area contributed by atoms with E-state index in [-0.39, 0.29) is 74.2 Å². The van der Waals surface area contributed by atoms with Gasteiger partial charge in [-0.25, -0.2) is 8.42 Å². The molecule has 1 heterocycles. The summed E-state index contributed by atoms with van der Waals surface area (Å²) < 4.78 is 47.4. The van der Waals surface area contributed by atoms with Gasteiger partial charge in [-0.05, 0) is 135 Å². The summed E-state index contributed by atoms with van der Waals surface area (Å²) in [5.74, 6) is 2.32. The van der Waals surface area contributed by atoms with Crippen LogP contribution in [0.5, 0.6) is 11.5 Å². The minimum absolute atomic E-state index is 0. The number of hydrogen-bond donors (Lipinski definition) is 1. The van der Waals surface area contributed by atoms with E-state index >= 15 is 0 Å². The van der Waals surface area contributed by atoms with E-state index in [1.54, 1.807) is 0 Å². The Labute approximate surface area is 288 Å². The van der Waals surface area contributed by atoms with Gasteiger partial charge in [-0.1, -0.05) is 48.0 Å². The van der Waals surface area contributed by atoms with E-state index in [1.165, 1.54) is 57.1 Å². The molecule has 0 amide bonds. The van der Waals surface area contributed by atoms with E-state index in [0.29, 0.717) is 35.7 Å². The van der Waals surface area contributed by atoms with Crippen molar-refractivity contribution in [2.45, 2.75) is 143 Å². The van der Waals surface area contributed by atoms with Crippen molar-refractivity contribution in [1.29, 1.82) is 0 Å². The van der Waals surface area contributed by atoms with Crippen LogP contribution in [-0.4, -0.2) is 29.8 Å². The summed E-state index contributed by atoms with van der Waals surface area (Å²) in [4.78, 5) is 0. The topological polar surface area (TPSA) is 95.9 Å². The molecule has 0 unspecified atom stereocenters. The summed E-state index contributed by atoms with van der Waals surface area (Å²) in [6.07, 6.45) is 13.9. The molecule has 5 fully saturated rings. The minimum atomic E-state index is -4.92. The van der Waals surface area contributed by atoms with Crippen LogP contribution in [0.1, 0.15) is 130 Å². The van der Waals surface area contributed by atoms with Crippen molar-refractivity contribution >= 4 is 10.4 Å². The van der Waals surface area contributed by atoms with Crippen molar-refractivity contribution < 1.29 is 56.6 Å². The second kappa shape index (κ2) is 10.3. The van der Waals surface area contributed by atoms with E-state index in [0.717, 1.165) is 36.8 Å². The molecule has 1 aromatic rings. The summed E-state index contributed by atoms with van der Waals surface area (Å²) >= 11 is 0. The van der Waals surface area contributed by atoms with Gasteiger partial charge in [-0.3, -0.25) is 0 Å². The SMILES string of the molecule is CC1(C)CCC[C@]2(C)O[C@H]3CC[C@](C)([C@@H]4CC[C@]5(C)[C@@H]4CC[C@]4(C)c6c(OS(=O)(=O)[O-])ccc(O)c6C[C@@H]54)[C@]3(C)CC[C@@H]12.[Na+]. The Hall–Kier alpha value is -0.310. The number of ether oxygens (including phenoxy) is 1. The van der Waals surface area contributed by atoms with Crippen molar-refractivity contribution in [3.8, 4) is 11.5 Å². The zero-order valence-electron chi connectivity index (χ0n) is 28.4. The third kappa shape index (κ3) is 4.51. The minimum Gasteiger partial charge on any atom is -0.716 e. The smallest absolute Gasteiger partial charge is 0.716 e. The molecule has 1 aromatic carbocycles. The fraction of sp³-hybridized carbons (Fsp3) is 0.833. The molecule has 7 rings (SSSR count). The van der Waals surface area contributed by atoms with Gasteiger partial charge in [-0.2, -0.15) is 0 Å². The summed E-state index contributed by atoms with van der Waals surface area (Å²) in [5, 5.41) is 10.9. The predicted molar refractivity (Wildman–Crippen MR) is 166 cm³/mol. The van der Waals surface area contributed by atoms with Crippen LogP contribution in [0.25, 0.3) is 0 Å². The number of phenols is 1. The molecule has 8 heteroatoms. The number of phenolic OH excluding ortho intramolecular Hbond substituents is 1. The molecule has 10 atom stereocenters. The van der Waals surface area contributed by atoms with Crippen LogP contribution in [0.4, 0.5) is 0 Å². The number of benzene rings is 1. The fourth-order valence-electron chi connectivity index (χ4n) is 13.3. The molecule has 240 valence electrons. The molecule has 0 aromatic heterocycles. The van der Waals surface area contributed by atoms with Gasteiger partial charge < -0.3 is 18.6 Å². The number of fused-ring (bicyclic) bond motifs is 7. The molecule has 1 N–H and O–H groups in total. The van der Waals surface area contributed by atoms with E-state index in [1.807, 2.05) is 0 Å². The third-order valence-electron chi connectivity index (χ3n) is 15.6. The van der Waals surface area contributed by atoms with E-state index in [9.17, 15) is 18.1 Å². The van der Waals surface area contributed by atoms with Gasteiger partial charge in [0.25, 0.3) is 10.4 Å². The molecule has 6 nitrogen and oxygen atoms in total.